The third-order valence-corrected chi connectivity index (χ3v) is 4.38. The summed E-state index contributed by atoms with van der Waals surface area (Å²) in [5.74, 6) is 0.936. The first-order chi connectivity index (χ1) is 11.4. The lowest BCUT2D eigenvalue weighted by Gasteiger charge is -2.14. The summed E-state index contributed by atoms with van der Waals surface area (Å²) < 4.78 is 1.88. The van der Waals surface area contributed by atoms with E-state index in [-0.39, 0.29) is 0 Å². The van der Waals surface area contributed by atoms with Crippen LogP contribution in [0.3, 0.4) is 0 Å². The Labute approximate surface area is 137 Å². The van der Waals surface area contributed by atoms with Crippen molar-refractivity contribution < 1.29 is 0 Å². The van der Waals surface area contributed by atoms with E-state index in [2.05, 4.69) is 20.1 Å². The molecule has 5 nitrogen and oxygen atoms in total. The molecule has 6 heteroatoms. The molecular weight excluding hydrogens is 306 g/mol. The van der Waals surface area contributed by atoms with Crippen LogP contribution < -0.4 is 0 Å². The molecule has 0 fully saturated rings. The summed E-state index contributed by atoms with van der Waals surface area (Å²) in [5, 5.41) is 5.40. The summed E-state index contributed by atoms with van der Waals surface area (Å²) in [4.78, 5) is 12.6. The van der Waals surface area contributed by atoms with Crippen molar-refractivity contribution in [3.05, 3.63) is 61.2 Å². The van der Waals surface area contributed by atoms with Gasteiger partial charge in [0.15, 0.2) is 0 Å². The largest absolute Gasteiger partial charge is 0.253 e. The Kier molecular flexibility index (Phi) is 3.73. The summed E-state index contributed by atoms with van der Waals surface area (Å²) in [6.07, 6.45) is 9.11. The van der Waals surface area contributed by atoms with Crippen molar-refractivity contribution in [3.8, 4) is 11.3 Å². The Morgan fingerprint density at radius 3 is 2.43 bits per heavy atom. The average molecular weight is 319 g/mol. The molecule has 0 unspecified atom stereocenters. The molecule has 1 aromatic heterocycles. The Hall–Kier alpha value is -2.73. The van der Waals surface area contributed by atoms with Gasteiger partial charge in [0.1, 0.15) is 10.7 Å². The molecule has 3 aliphatic rings. The van der Waals surface area contributed by atoms with Crippen molar-refractivity contribution in [1.82, 2.24) is 19.6 Å². The zero-order chi connectivity index (χ0) is 15.5. The minimum Gasteiger partial charge on any atom is -0.253 e. The van der Waals surface area contributed by atoms with Crippen molar-refractivity contribution >= 4 is 29.0 Å². The highest BCUT2D eigenvalue weighted by Crippen LogP contribution is 2.32. The van der Waals surface area contributed by atoms with E-state index < -0.39 is 0 Å². The highest BCUT2D eigenvalue weighted by atomic mass is 32.2. The van der Waals surface area contributed by atoms with Crippen LogP contribution in [-0.4, -0.2) is 31.6 Å². The molecule has 1 aromatic carbocycles. The van der Waals surface area contributed by atoms with Gasteiger partial charge in [-0.25, -0.2) is 4.68 Å². The van der Waals surface area contributed by atoms with Gasteiger partial charge in [-0.15, -0.1) is 0 Å². The summed E-state index contributed by atoms with van der Waals surface area (Å²) in [6.45, 7) is 0. The number of para-hydroxylation sites is 2. The summed E-state index contributed by atoms with van der Waals surface area (Å²) >= 11 is 1.77. The van der Waals surface area contributed by atoms with E-state index in [1.54, 1.807) is 24.2 Å². The Morgan fingerprint density at radius 2 is 1.65 bits per heavy atom. The van der Waals surface area contributed by atoms with E-state index in [0.717, 1.165) is 27.5 Å². The maximum Gasteiger partial charge on any atom is 0.124 e. The second-order valence-corrected chi connectivity index (χ2v) is 5.88. The van der Waals surface area contributed by atoms with Crippen molar-refractivity contribution in [2.45, 2.75) is 5.03 Å². The highest BCUT2D eigenvalue weighted by Gasteiger charge is 2.14. The Bertz CT molecular complexity index is 881. The summed E-state index contributed by atoms with van der Waals surface area (Å²) in [6, 6.07) is 11.9. The van der Waals surface area contributed by atoms with Crippen LogP contribution in [0.4, 0.5) is 0 Å². The van der Waals surface area contributed by atoms with Gasteiger partial charge in [0.2, 0.25) is 0 Å². The number of benzene rings is 1. The van der Waals surface area contributed by atoms with Crippen molar-refractivity contribution in [2.24, 2.45) is 5.10 Å². The third kappa shape index (κ3) is 2.80. The quantitative estimate of drug-likeness (QED) is 0.497. The fraction of sp³-hybridized carbons (Fsp3) is 0.0588. The number of nitrogens with zero attached hydrogens (tertiary/aromatic N) is 5. The predicted molar refractivity (Wildman–Crippen MR) is 93.0 cm³/mol. The average Bonchev–Trinajstić information content (AvgIpc) is 3.12. The third-order valence-electron chi connectivity index (χ3n) is 3.41. The predicted octanol–water partition coefficient (Wildman–Crippen LogP) is 3.56. The van der Waals surface area contributed by atoms with E-state index in [1.165, 1.54) is 5.56 Å². The van der Waals surface area contributed by atoms with Gasteiger partial charge in [0, 0.05) is 42.3 Å². The molecular formula is C17H13N5S. The molecule has 3 aliphatic heterocycles. The first kappa shape index (κ1) is 13.9. The van der Waals surface area contributed by atoms with Crippen molar-refractivity contribution in [2.75, 3.05) is 5.75 Å². The topological polar surface area (TPSA) is 56.0 Å². The SMILES string of the molecule is C1=Nn2ccc3ccnc-3c2SC1.c1ccc2nccnc2c1. The van der Waals surface area contributed by atoms with Gasteiger partial charge in [-0.05, 0) is 24.3 Å². The molecule has 0 spiro atoms. The first-order valence-corrected chi connectivity index (χ1v) is 8.18. The van der Waals surface area contributed by atoms with E-state index in [4.69, 9.17) is 0 Å². The summed E-state index contributed by atoms with van der Waals surface area (Å²) in [7, 11) is 0. The minimum atomic E-state index is 0.936. The normalized spacial score (nSPS) is 12.7. The monoisotopic (exact) mass is 319 g/mol. The highest BCUT2D eigenvalue weighted by molar-refractivity contribution is 8.00. The molecule has 0 atom stereocenters. The van der Waals surface area contributed by atoms with Gasteiger partial charge in [-0.3, -0.25) is 15.0 Å². The number of aromatic nitrogens is 4. The molecule has 112 valence electrons. The van der Waals surface area contributed by atoms with Gasteiger partial charge in [0.05, 0.1) is 11.0 Å². The molecule has 23 heavy (non-hydrogen) atoms. The van der Waals surface area contributed by atoms with Gasteiger partial charge < -0.3 is 0 Å². The fourth-order valence-corrected chi connectivity index (χ4v) is 3.21. The number of fused-ring (bicyclic) bond motifs is 4. The molecule has 0 saturated heterocycles. The molecule has 0 saturated carbocycles. The number of thioether (sulfide) groups is 1. The second kappa shape index (κ2) is 6.18. The van der Waals surface area contributed by atoms with E-state index in [1.807, 2.05) is 59.7 Å². The summed E-state index contributed by atoms with van der Waals surface area (Å²) in [5.41, 5.74) is 4.15. The zero-order valence-electron chi connectivity index (χ0n) is 12.2. The molecule has 0 amide bonds. The van der Waals surface area contributed by atoms with Gasteiger partial charge in [0.25, 0.3) is 0 Å². The molecule has 0 N–H and O–H groups in total. The lowest BCUT2D eigenvalue weighted by atomic mass is 10.2. The zero-order valence-corrected chi connectivity index (χ0v) is 13.0. The smallest absolute Gasteiger partial charge is 0.124 e. The number of rotatable bonds is 0. The Morgan fingerprint density at radius 1 is 0.870 bits per heavy atom. The van der Waals surface area contributed by atoms with Crippen LogP contribution in [0.15, 0.2) is 71.3 Å². The minimum absolute atomic E-state index is 0.936. The second-order valence-electron chi connectivity index (χ2n) is 4.87. The molecule has 0 radical (unpaired) electrons. The van der Waals surface area contributed by atoms with Gasteiger partial charge in [-0.2, -0.15) is 5.10 Å². The van der Waals surface area contributed by atoms with Crippen LogP contribution in [0.25, 0.3) is 22.3 Å². The maximum atomic E-state index is 4.32. The van der Waals surface area contributed by atoms with Crippen LogP contribution >= 0.6 is 11.8 Å². The first-order valence-electron chi connectivity index (χ1n) is 7.19. The van der Waals surface area contributed by atoms with Crippen molar-refractivity contribution in [1.29, 1.82) is 0 Å². The maximum absolute atomic E-state index is 4.32. The van der Waals surface area contributed by atoms with Gasteiger partial charge in [-0.1, -0.05) is 23.9 Å². The van der Waals surface area contributed by atoms with Crippen LogP contribution in [-0.2, 0) is 0 Å². The van der Waals surface area contributed by atoms with Crippen molar-refractivity contribution in [3.63, 3.8) is 0 Å². The lowest BCUT2D eigenvalue weighted by molar-refractivity contribution is 0.769. The molecule has 5 rings (SSSR count). The number of pyridine rings is 1. The van der Waals surface area contributed by atoms with E-state index in [0.29, 0.717) is 0 Å². The van der Waals surface area contributed by atoms with Gasteiger partial charge >= 0.3 is 0 Å². The molecule has 2 aromatic rings. The van der Waals surface area contributed by atoms with Crippen LogP contribution in [0, 0.1) is 0 Å². The van der Waals surface area contributed by atoms with E-state index in [9.17, 15) is 0 Å². The number of hydrogen-bond acceptors (Lipinski definition) is 5. The molecule has 0 aliphatic carbocycles. The standard InChI is InChI=1S/C9H7N3S.C8H6N2/c1-3-10-8-7(1)2-5-12-9(8)13-6-4-11-12;1-2-4-8-7(3-1)9-5-6-10-8/h1-5H,6H2;1-6H. The molecule has 0 bridgehead atoms. The molecule has 4 heterocycles. The van der Waals surface area contributed by atoms with Crippen LogP contribution in [0.2, 0.25) is 0 Å². The van der Waals surface area contributed by atoms with E-state index >= 15 is 0 Å². The lowest BCUT2D eigenvalue weighted by Crippen LogP contribution is -2.04. The van der Waals surface area contributed by atoms with Crippen LogP contribution in [0.1, 0.15) is 0 Å². The van der Waals surface area contributed by atoms with Crippen LogP contribution in [0.5, 0.6) is 0 Å². The Balaban J connectivity index is 0.000000122. The number of hydrogen-bond donors (Lipinski definition) is 0. The fourth-order valence-electron chi connectivity index (χ4n) is 2.36.